The minimum Gasteiger partial charge on any atom is -0.340 e. The molecular weight excluding hydrogens is 226 g/mol. The summed E-state index contributed by atoms with van der Waals surface area (Å²) < 4.78 is 0. The van der Waals surface area contributed by atoms with E-state index in [0.717, 1.165) is 19.6 Å². The molecule has 0 radical (unpaired) electrons. The lowest BCUT2D eigenvalue weighted by Gasteiger charge is -2.33. The van der Waals surface area contributed by atoms with Gasteiger partial charge in [-0.25, -0.2) is 0 Å². The van der Waals surface area contributed by atoms with Crippen molar-refractivity contribution in [3.63, 3.8) is 0 Å². The van der Waals surface area contributed by atoms with Crippen molar-refractivity contribution >= 4 is 5.91 Å². The number of hydrogen-bond donors (Lipinski definition) is 1. The minimum absolute atomic E-state index is 0.0676. The number of rotatable bonds is 6. The number of nitrogens with two attached hydrogens (primary N) is 1. The van der Waals surface area contributed by atoms with Crippen LogP contribution < -0.4 is 5.73 Å². The third-order valence-corrected chi connectivity index (χ3v) is 2.91. The molecule has 0 aliphatic heterocycles. The van der Waals surface area contributed by atoms with Gasteiger partial charge in [-0.3, -0.25) is 4.79 Å². The van der Waals surface area contributed by atoms with Crippen LogP contribution in [0.3, 0.4) is 0 Å². The maximum Gasteiger partial charge on any atom is 0.240 e. The van der Waals surface area contributed by atoms with Gasteiger partial charge in [0.2, 0.25) is 5.91 Å². The molecule has 0 aromatic carbocycles. The highest BCUT2D eigenvalue weighted by Gasteiger charge is 2.31. The molecule has 1 amide bonds. The summed E-state index contributed by atoms with van der Waals surface area (Å²) in [6.45, 7) is 12.7. The first kappa shape index (κ1) is 17.4. The summed E-state index contributed by atoms with van der Waals surface area (Å²) in [6.07, 6.45) is 0. The Morgan fingerprint density at radius 3 is 2.00 bits per heavy atom. The highest BCUT2D eigenvalue weighted by molar-refractivity contribution is 5.82. The van der Waals surface area contributed by atoms with Gasteiger partial charge in [-0.15, -0.1) is 0 Å². The number of nitrogens with zero attached hydrogens (tertiary/aromatic N) is 2. The third-order valence-electron chi connectivity index (χ3n) is 2.91. The van der Waals surface area contributed by atoms with Crippen LogP contribution in [-0.2, 0) is 4.79 Å². The van der Waals surface area contributed by atoms with Gasteiger partial charge >= 0.3 is 0 Å². The van der Waals surface area contributed by atoms with E-state index in [2.05, 4.69) is 18.7 Å². The zero-order valence-corrected chi connectivity index (χ0v) is 13.2. The number of carbonyl (C=O) groups excluding carboxylic acids is 1. The number of amides is 1. The molecule has 0 bridgehead atoms. The lowest BCUT2D eigenvalue weighted by molar-refractivity contribution is -0.135. The van der Waals surface area contributed by atoms with Gasteiger partial charge in [-0.1, -0.05) is 34.6 Å². The summed E-state index contributed by atoms with van der Waals surface area (Å²) in [5, 5.41) is 0. The van der Waals surface area contributed by atoms with Gasteiger partial charge in [-0.2, -0.15) is 0 Å². The topological polar surface area (TPSA) is 49.6 Å². The van der Waals surface area contributed by atoms with Gasteiger partial charge in [0.25, 0.3) is 0 Å². The van der Waals surface area contributed by atoms with Crippen molar-refractivity contribution in [3.05, 3.63) is 0 Å². The zero-order valence-electron chi connectivity index (χ0n) is 13.2. The molecule has 108 valence electrons. The average molecular weight is 257 g/mol. The summed E-state index contributed by atoms with van der Waals surface area (Å²) in [5.74, 6) is 0.529. The molecule has 0 aliphatic rings. The maximum absolute atomic E-state index is 12.4. The van der Waals surface area contributed by atoms with Gasteiger partial charge in [0.15, 0.2) is 0 Å². The van der Waals surface area contributed by atoms with Crippen LogP contribution in [0.4, 0.5) is 0 Å². The van der Waals surface area contributed by atoms with Gasteiger partial charge < -0.3 is 15.5 Å². The van der Waals surface area contributed by atoms with Crippen LogP contribution in [0.5, 0.6) is 0 Å². The van der Waals surface area contributed by atoms with E-state index >= 15 is 0 Å². The molecule has 4 heteroatoms. The zero-order chi connectivity index (χ0) is 14.5. The van der Waals surface area contributed by atoms with Crippen LogP contribution in [-0.4, -0.2) is 55.5 Å². The van der Waals surface area contributed by atoms with Crippen molar-refractivity contribution in [3.8, 4) is 0 Å². The Morgan fingerprint density at radius 2 is 1.67 bits per heavy atom. The molecular formula is C14H31N3O. The third kappa shape index (κ3) is 6.36. The SMILES string of the molecule is CC(C)CN(CCN(C)C)C(=O)[C@@H](N)C(C)(C)C. The van der Waals surface area contributed by atoms with Crippen molar-refractivity contribution in [2.75, 3.05) is 33.7 Å². The molecule has 0 aliphatic carbocycles. The van der Waals surface area contributed by atoms with Crippen LogP contribution >= 0.6 is 0 Å². The second kappa shape index (κ2) is 7.10. The van der Waals surface area contributed by atoms with Gasteiger partial charge in [0.05, 0.1) is 6.04 Å². The van der Waals surface area contributed by atoms with Crippen molar-refractivity contribution in [1.82, 2.24) is 9.80 Å². The predicted molar refractivity (Wildman–Crippen MR) is 77.4 cm³/mol. The van der Waals surface area contributed by atoms with Crippen LogP contribution in [0, 0.1) is 11.3 Å². The normalized spacial score (nSPS) is 14.1. The fourth-order valence-electron chi connectivity index (χ4n) is 1.62. The Labute approximate surface area is 113 Å². The van der Waals surface area contributed by atoms with Gasteiger partial charge in [0, 0.05) is 19.6 Å². The lowest BCUT2D eigenvalue weighted by Crippen LogP contribution is -2.52. The standard InChI is InChI=1S/C14H31N3O/c1-11(2)10-17(9-8-16(6)7)13(18)12(15)14(3,4)5/h11-12H,8-10,15H2,1-7H3/t12-/m1/s1. The van der Waals surface area contributed by atoms with E-state index in [-0.39, 0.29) is 11.3 Å². The molecule has 0 rings (SSSR count). The first-order chi connectivity index (χ1) is 8.05. The summed E-state index contributed by atoms with van der Waals surface area (Å²) in [6, 6.07) is -0.432. The number of likely N-dealkylation sites (N-methyl/N-ethyl adjacent to an activating group) is 1. The van der Waals surface area contributed by atoms with Crippen LogP contribution in [0.2, 0.25) is 0 Å². The Hall–Kier alpha value is -0.610. The summed E-state index contributed by atoms with van der Waals surface area (Å²) in [7, 11) is 4.03. The molecule has 18 heavy (non-hydrogen) atoms. The molecule has 1 atom stereocenters. The molecule has 0 spiro atoms. The minimum atomic E-state index is -0.432. The fourth-order valence-corrected chi connectivity index (χ4v) is 1.62. The smallest absolute Gasteiger partial charge is 0.240 e. The van der Waals surface area contributed by atoms with E-state index in [1.165, 1.54) is 0 Å². The molecule has 4 nitrogen and oxygen atoms in total. The Bertz CT molecular complexity index is 256. The molecule has 0 unspecified atom stereocenters. The maximum atomic E-state index is 12.4. The molecule has 0 saturated carbocycles. The second-order valence-electron chi connectivity index (χ2n) is 6.83. The first-order valence-electron chi connectivity index (χ1n) is 6.74. The van der Waals surface area contributed by atoms with E-state index < -0.39 is 6.04 Å². The number of carbonyl (C=O) groups is 1. The molecule has 0 fully saturated rings. The van der Waals surface area contributed by atoms with E-state index in [1.54, 1.807) is 0 Å². The summed E-state index contributed by atoms with van der Waals surface area (Å²) in [4.78, 5) is 16.4. The predicted octanol–water partition coefficient (Wildman–Crippen LogP) is 1.41. The molecule has 0 saturated heterocycles. The monoisotopic (exact) mass is 257 g/mol. The number of hydrogen-bond acceptors (Lipinski definition) is 3. The van der Waals surface area contributed by atoms with Gasteiger partial charge in [0.1, 0.15) is 0 Å². The molecule has 0 aromatic rings. The molecule has 0 heterocycles. The highest BCUT2D eigenvalue weighted by Crippen LogP contribution is 2.19. The molecule has 2 N–H and O–H groups in total. The van der Waals surface area contributed by atoms with Crippen molar-refractivity contribution in [2.45, 2.75) is 40.7 Å². The van der Waals surface area contributed by atoms with Crippen molar-refractivity contribution < 1.29 is 4.79 Å². The highest BCUT2D eigenvalue weighted by atomic mass is 16.2. The summed E-state index contributed by atoms with van der Waals surface area (Å²) in [5.41, 5.74) is 5.88. The van der Waals surface area contributed by atoms with Crippen LogP contribution in [0.1, 0.15) is 34.6 Å². The van der Waals surface area contributed by atoms with E-state index in [4.69, 9.17) is 5.73 Å². The average Bonchev–Trinajstić information content (AvgIpc) is 2.20. The fraction of sp³-hybridized carbons (Fsp3) is 0.929. The van der Waals surface area contributed by atoms with Crippen LogP contribution in [0.25, 0.3) is 0 Å². The Morgan fingerprint density at radius 1 is 1.17 bits per heavy atom. The first-order valence-corrected chi connectivity index (χ1v) is 6.74. The Kier molecular flexibility index (Phi) is 6.86. The van der Waals surface area contributed by atoms with E-state index in [0.29, 0.717) is 5.92 Å². The lowest BCUT2D eigenvalue weighted by atomic mass is 9.86. The quantitative estimate of drug-likeness (QED) is 0.782. The van der Waals surface area contributed by atoms with Crippen molar-refractivity contribution in [2.24, 2.45) is 17.1 Å². The van der Waals surface area contributed by atoms with Crippen LogP contribution in [0.15, 0.2) is 0 Å². The van der Waals surface area contributed by atoms with E-state index in [1.807, 2.05) is 39.8 Å². The van der Waals surface area contributed by atoms with E-state index in [9.17, 15) is 4.79 Å². The second-order valence-corrected chi connectivity index (χ2v) is 6.83. The van der Waals surface area contributed by atoms with Crippen molar-refractivity contribution in [1.29, 1.82) is 0 Å². The largest absolute Gasteiger partial charge is 0.340 e. The Balaban J connectivity index is 4.68. The molecule has 0 aromatic heterocycles. The summed E-state index contributed by atoms with van der Waals surface area (Å²) >= 11 is 0. The van der Waals surface area contributed by atoms with Gasteiger partial charge in [-0.05, 0) is 25.4 Å².